The van der Waals surface area contributed by atoms with Crippen molar-refractivity contribution >= 4 is 17.6 Å². The average Bonchev–Trinajstić information content (AvgIpc) is 2.98. The molecule has 124 valence electrons. The molecule has 3 rings (SSSR count). The molecule has 1 fully saturated rings. The molecule has 0 saturated carbocycles. The van der Waals surface area contributed by atoms with Gasteiger partial charge in [-0.3, -0.25) is 9.59 Å². The van der Waals surface area contributed by atoms with Gasteiger partial charge in [-0.25, -0.2) is 0 Å². The molecule has 1 aliphatic heterocycles. The van der Waals surface area contributed by atoms with Gasteiger partial charge in [0.05, 0.1) is 5.92 Å². The van der Waals surface area contributed by atoms with Gasteiger partial charge >= 0.3 is 5.97 Å². The number of amides is 1. The van der Waals surface area contributed by atoms with Crippen LogP contribution in [0.15, 0.2) is 48.5 Å². The minimum absolute atomic E-state index is 0.0228. The van der Waals surface area contributed by atoms with Crippen LogP contribution in [0, 0.1) is 19.8 Å². The number of carbonyl (C=O) groups excluding carboxylic acids is 2. The number of anilines is 1. The van der Waals surface area contributed by atoms with E-state index in [1.807, 2.05) is 62.4 Å². The van der Waals surface area contributed by atoms with E-state index in [0.717, 1.165) is 22.4 Å². The molecule has 4 heteroatoms. The number of esters is 1. The molecule has 1 amide bonds. The standard InChI is InChI=1S/C20H21NO3/c1-14-7-6-10-18(15(14)2)21-12-17(11-19(21)22)20(23)24-13-16-8-4-3-5-9-16/h3-10,17H,11-13H2,1-2H3/t17-/m1/s1. The van der Waals surface area contributed by atoms with Crippen molar-refractivity contribution in [1.29, 1.82) is 0 Å². The molecule has 2 aromatic rings. The summed E-state index contributed by atoms with van der Waals surface area (Å²) in [7, 11) is 0. The Morgan fingerprint density at radius 2 is 1.88 bits per heavy atom. The fraction of sp³-hybridized carbons (Fsp3) is 0.300. The molecule has 0 spiro atoms. The van der Waals surface area contributed by atoms with Crippen LogP contribution >= 0.6 is 0 Å². The van der Waals surface area contributed by atoms with Crippen molar-refractivity contribution in [1.82, 2.24) is 0 Å². The second-order valence-corrected chi connectivity index (χ2v) is 6.22. The number of nitrogens with zero attached hydrogens (tertiary/aromatic N) is 1. The van der Waals surface area contributed by atoms with E-state index in [-0.39, 0.29) is 24.9 Å². The maximum Gasteiger partial charge on any atom is 0.311 e. The van der Waals surface area contributed by atoms with E-state index in [1.54, 1.807) is 4.90 Å². The second kappa shape index (κ2) is 6.87. The highest BCUT2D eigenvalue weighted by Crippen LogP contribution is 2.29. The highest BCUT2D eigenvalue weighted by molar-refractivity contribution is 6.00. The Morgan fingerprint density at radius 1 is 1.12 bits per heavy atom. The van der Waals surface area contributed by atoms with E-state index < -0.39 is 5.92 Å². The van der Waals surface area contributed by atoms with Crippen molar-refractivity contribution in [3.05, 3.63) is 65.2 Å². The molecule has 1 saturated heterocycles. The van der Waals surface area contributed by atoms with Crippen molar-refractivity contribution in [2.24, 2.45) is 5.92 Å². The average molecular weight is 323 g/mol. The van der Waals surface area contributed by atoms with E-state index in [0.29, 0.717) is 6.54 Å². The van der Waals surface area contributed by atoms with Crippen molar-refractivity contribution in [3.8, 4) is 0 Å². The molecule has 0 bridgehead atoms. The Labute approximate surface area is 142 Å². The largest absolute Gasteiger partial charge is 0.461 e. The summed E-state index contributed by atoms with van der Waals surface area (Å²) < 4.78 is 5.38. The van der Waals surface area contributed by atoms with Crippen molar-refractivity contribution in [2.75, 3.05) is 11.4 Å². The lowest BCUT2D eigenvalue weighted by Crippen LogP contribution is -2.27. The molecule has 0 unspecified atom stereocenters. The summed E-state index contributed by atoms with van der Waals surface area (Å²) in [5, 5.41) is 0. The molecule has 4 nitrogen and oxygen atoms in total. The fourth-order valence-electron chi connectivity index (χ4n) is 2.97. The number of aryl methyl sites for hydroxylation is 1. The van der Waals surface area contributed by atoms with Crippen LogP contribution < -0.4 is 4.90 Å². The fourth-order valence-corrected chi connectivity index (χ4v) is 2.97. The molecular formula is C20H21NO3. The quantitative estimate of drug-likeness (QED) is 0.810. The molecule has 2 aromatic carbocycles. The lowest BCUT2D eigenvalue weighted by atomic mass is 10.1. The number of benzene rings is 2. The number of hydrogen-bond acceptors (Lipinski definition) is 3. The third-order valence-electron chi connectivity index (χ3n) is 4.55. The Hall–Kier alpha value is -2.62. The van der Waals surface area contributed by atoms with Crippen LogP contribution in [0.1, 0.15) is 23.1 Å². The van der Waals surface area contributed by atoms with Crippen LogP contribution in [0.25, 0.3) is 0 Å². The second-order valence-electron chi connectivity index (χ2n) is 6.22. The lowest BCUT2D eigenvalue weighted by Gasteiger charge is -2.20. The van der Waals surface area contributed by atoms with Gasteiger partial charge in [0.2, 0.25) is 5.91 Å². The third kappa shape index (κ3) is 3.32. The first-order valence-electron chi connectivity index (χ1n) is 8.13. The van der Waals surface area contributed by atoms with Gasteiger partial charge in [-0.05, 0) is 36.6 Å². The Kier molecular flexibility index (Phi) is 4.65. The van der Waals surface area contributed by atoms with Crippen molar-refractivity contribution in [3.63, 3.8) is 0 Å². The number of carbonyl (C=O) groups is 2. The molecule has 0 aliphatic carbocycles. The van der Waals surface area contributed by atoms with Gasteiger partial charge in [-0.15, -0.1) is 0 Å². The summed E-state index contributed by atoms with van der Waals surface area (Å²) in [4.78, 5) is 26.3. The van der Waals surface area contributed by atoms with Gasteiger partial charge in [0, 0.05) is 18.7 Å². The van der Waals surface area contributed by atoms with Gasteiger partial charge in [-0.2, -0.15) is 0 Å². The Morgan fingerprint density at radius 3 is 2.62 bits per heavy atom. The summed E-state index contributed by atoms with van der Waals surface area (Å²) in [5.74, 6) is -0.730. The zero-order valence-corrected chi connectivity index (χ0v) is 14.0. The maximum absolute atomic E-state index is 12.3. The smallest absolute Gasteiger partial charge is 0.311 e. The van der Waals surface area contributed by atoms with Crippen LogP contribution in [-0.4, -0.2) is 18.4 Å². The van der Waals surface area contributed by atoms with Crippen LogP contribution in [0.3, 0.4) is 0 Å². The zero-order valence-electron chi connectivity index (χ0n) is 14.0. The van der Waals surface area contributed by atoms with Gasteiger partial charge in [-0.1, -0.05) is 42.5 Å². The van der Waals surface area contributed by atoms with Crippen LogP contribution in [0.5, 0.6) is 0 Å². The van der Waals surface area contributed by atoms with Gasteiger partial charge < -0.3 is 9.64 Å². The highest BCUT2D eigenvalue weighted by Gasteiger charge is 2.36. The highest BCUT2D eigenvalue weighted by atomic mass is 16.5. The lowest BCUT2D eigenvalue weighted by molar-refractivity contribution is -0.149. The summed E-state index contributed by atoms with van der Waals surface area (Å²) in [6, 6.07) is 15.4. The van der Waals surface area contributed by atoms with Crippen molar-refractivity contribution in [2.45, 2.75) is 26.9 Å². The van der Waals surface area contributed by atoms with Gasteiger partial charge in [0.1, 0.15) is 6.61 Å². The molecule has 0 radical (unpaired) electrons. The summed E-state index contributed by atoms with van der Waals surface area (Å²) >= 11 is 0. The first-order valence-corrected chi connectivity index (χ1v) is 8.13. The first kappa shape index (κ1) is 16.2. The van der Waals surface area contributed by atoms with Crippen molar-refractivity contribution < 1.29 is 14.3 Å². The molecular weight excluding hydrogens is 302 g/mol. The monoisotopic (exact) mass is 323 g/mol. The van der Waals surface area contributed by atoms with E-state index >= 15 is 0 Å². The van der Waals surface area contributed by atoms with E-state index in [4.69, 9.17) is 4.74 Å². The summed E-state index contributed by atoms with van der Waals surface area (Å²) in [6.45, 7) is 4.65. The Balaban J connectivity index is 1.66. The molecule has 1 atom stereocenters. The van der Waals surface area contributed by atoms with E-state index in [9.17, 15) is 9.59 Å². The summed E-state index contributed by atoms with van der Waals surface area (Å²) in [5.41, 5.74) is 4.04. The predicted molar refractivity (Wildman–Crippen MR) is 92.6 cm³/mol. The number of hydrogen-bond donors (Lipinski definition) is 0. The molecule has 0 aromatic heterocycles. The normalized spacial score (nSPS) is 17.2. The maximum atomic E-state index is 12.3. The topological polar surface area (TPSA) is 46.6 Å². The third-order valence-corrected chi connectivity index (χ3v) is 4.55. The molecule has 1 heterocycles. The molecule has 24 heavy (non-hydrogen) atoms. The number of ether oxygens (including phenoxy) is 1. The summed E-state index contributed by atoms with van der Waals surface area (Å²) in [6.07, 6.45) is 0.209. The number of rotatable bonds is 4. The SMILES string of the molecule is Cc1cccc(N2C[C@H](C(=O)OCc3ccccc3)CC2=O)c1C. The minimum atomic E-state index is -0.402. The minimum Gasteiger partial charge on any atom is -0.461 e. The predicted octanol–water partition coefficient (Wildman–Crippen LogP) is 3.40. The first-order chi connectivity index (χ1) is 11.6. The van der Waals surface area contributed by atoms with Crippen LogP contribution in [0.2, 0.25) is 0 Å². The zero-order chi connectivity index (χ0) is 17.1. The van der Waals surface area contributed by atoms with E-state index in [2.05, 4.69) is 0 Å². The van der Waals surface area contributed by atoms with Crippen LogP contribution in [-0.2, 0) is 20.9 Å². The van der Waals surface area contributed by atoms with Gasteiger partial charge in [0.25, 0.3) is 0 Å². The van der Waals surface area contributed by atoms with Crippen LogP contribution in [0.4, 0.5) is 5.69 Å². The van der Waals surface area contributed by atoms with Gasteiger partial charge in [0.15, 0.2) is 0 Å². The molecule has 1 aliphatic rings. The van der Waals surface area contributed by atoms with E-state index in [1.165, 1.54) is 0 Å². The Bertz CT molecular complexity index is 755. The molecule has 0 N–H and O–H groups in total.